The molecule has 0 saturated heterocycles. The number of esters is 1. The van der Waals surface area contributed by atoms with Crippen LogP contribution in [-0.2, 0) is 16.0 Å². The summed E-state index contributed by atoms with van der Waals surface area (Å²) in [5.41, 5.74) is 2.46. The van der Waals surface area contributed by atoms with E-state index in [2.05, 4.69) is 16.4 Å². The van der Waals surface area contributed by atoms with Gasteiger partial charge in [0.15, 0.2) is 0 Å². The second kappa shape index (κ2) is 5.77. The number of nitrogens with zero attached hydrogens (tertiary/aromatic N) is 1. The lowest BCUT2D eigenvalue weighted by Crippen LogP contribution is -2.23. The molecule has 17 heavy (non-hydrogen) atoms. The molecule has 0 saturated carbocycles. The third kappa shape index (κ3) is 3.03. The highest BCUT2D eigenvalue weighted by Crippen LogP contribution is 2.28. The number of nitrogens with one attached hydrogen (secondary N) is 1. The van der Waals surface area contributed by atoms with Crippen molar-refractivity contribution in [2.24, 2.45) is 0 Å². The van der Waals surface area contributed by atoms with Gasteiger partial charge in [0.05, 0.1) is 24.8 Å². The summed E-state index contributed by atoms with van der Waals surface area (Å²) in [4.78, 5) is 15.6. The molecule has 0 bridgehead atoms. The Labute approximate surface area is 101 Å². The molecule has 0 amide bonds. The fraction of sp³-hybridized carbons (Fsp3) is 0.538. The Balaban J connectivity index is 1.80. The van der Waals surface area contributed by atoms with Crippen LogP contribution < -0.4 is 5.32 Å². The van der Waals surface area contributed by atoms with Crippen LogP contribution in [0.4, 0.5) is 0 Å². The lowest BCUT2D eigenvalue weighted by atomic mass is 10.2. The molecule has 1 aliphatic carbocycles. The summed E-state index contributed by atoms with van der Waals surface area (Å²) >= 11 is 0. The van der Waals surface area contributed by atoms with E-state index in [1.165, 1.54) is 5.56 Å². The van der Waals surface area contributed by atoms with E-state index in [1.54, 1.807) is 0 Å². The second-order valence-corrected chi connectivity index (χ2v) is 4.15. The van der Waals surface area contributed by atoms with Crippen LogP contribution in [0.5, 0.6) is 0 Å². The second-order valence-electron chi connectivity index (χ2n) is 4.15. The Morgan fingerprint density at radius 1 is 1.65 bits per heavy atom. The number of hydrogen-bond donors (Lipinski definition) is 1. The molecule has 1 aromatic rings. The van der Waals surface area contributed by atoms with Crippen molar-refractivity contribution in [3.63, 3.8) is 0 Å². The minimum atomic E-state index is -0.140. The number of ether oxygens (including phenoxy) is 1. The van der Waals surface area contributed by atoms with Crippen molar-refractivity contribution in [3.05, 3.63) is 29.6 Å². The topological polar surface area (TPSA) is 51.2 Å². The molecule has 1 atom stereocenters. The first-order valence-corrected chi connectivity index (χ1v) is 6.14. The fourth-order valence-electron chi connectivity index (χ4n) is 2.19. The van der Waals surface area contributed by atoms with Gasteiger partial charge in [-0.3, -0.25) is 9.78 Å². The summed E-state index contributed by atoms with van der Waals surface area (Å²) in [7, 11) is 0. The number of hydrogen-bond acceptors (Lipinski definition) is 4. The Morgan fingerprint density at radius 3 is 3.35 bits per heavy atom. The average molecular weight is 234 g/mol. The molecule has 1 N–H and O–H groups in total. The molecule has 4 nitrogen and oxygen atoms in total. The zero-order valence-corrected chi connectivity index (χ0v) is 10.1. The van der Waals surface area contributed by atoms with Gasteiger partial charge in [0.25, 0.3) is 0 Å². The van der Waals surface area contributed by atoms with Gasteiger partial charge in [0.2, 0.25) is 0 Å². The number of fused-ring (bicyclic) bond motifs is 1. The highest BCUT2D eigenvalue weighted by molar-refractivity contribution is 5.69. The van der Waals surface area contributed by atoms with Crippen LogP contribution in [-0.4, -0.2) is 24.1 Å². The normalized spacial score (nSPS) is 17.8. The molecule has 4 heteroatoms. The van der Waals surface area contributed by atoms with Crippen LogP contribution in [0, 0.1) is 0 Å². The molecule has 2 rings (SSSR count). The van der Waals surface area contributed by atoms with Crippen LogP contribution in [0.3, 0.4) is 0 Å². The summed E-state index contributed by atoms with van der Waals surface area (Å²) in [6.45, 7) is 2.93. The van der Waals surface area contributed by atoms with E-state index in [-0.39, 0.29) is 5.97 Å². The van der Waals surface area contributed by atoms with Gasteiger partial charge >= 0.3 is 5.97 Å². The summed E-state index contributed by atoms with van der Waals surface area (Å²) in [6.07, 6.45) is 4.38. The van der Waals surface area contributed by atoms with E-state index in [1.807, 2.05) is 19.2 Å². The molecule has 0 aliphatic heterocycles. The van der Waals surface area contributed by atoms with Crippen molar-refractivity contribution in [3.8, 4) is 0 Å². The largest absolute Gasteiger partial charge is 0.466 e. The maximum Gasteiger partial charge on any atom is 0.307 e. The molecule has 1 aliphatic rings. The zero-order chi connectivity index (χ0) is 12.1. The van der Waals surface area contributed by atoms with Crippen molar-refractivity contribution in [2.75, 3.05) is 13.2 Å². The molecule has 0 spiro atoms. The quantitative estimate of drug-likeness (QED) is 0.786. The zero-order valence-electron chi connectivity index (χ0n) is 10.1. The molecule has 0 radical (unpaired) electrons. The average Bonchev–Trinajstić information content (AvgIpc) is 2.73. The van der Waals surface area contributed by atoms with Crippen LogP contribution in [0.15, 0.2) is 18.3 Å². The molecule has 92 valence electrons. The first-order chi connectivity index (χ1) is 8.31. The smallest absolute Gasteiger partial charge is 0.307 e. The van der Waals surface area contributed by atoms with Crippen molar-refractivity contribution < 1.29 is 9.53 Å². The number of carbonyl (C=O) groups is 1. The minimum Gasteiger partial charge on any atom is -0.466 e. The van der Waals surface area contributed by atoms with Crippen molar-refractivity contribution in [1.82, 2.24) is 10.3 Å². The third-order valence-corrected chi connectivity index (χ3v) is 2.98. The number of carbonyl (C=O) groups excluding carboxylic acids is 1. The maximum atomic E-state index is 11.2. The molecule has 0 aromatic carbocycles. The molecule has 1 heterocycles. The molecule has 0 fully saturated rings. The number of pyridine rings is 1. The van der Waals surface area contributed by atoms with Gasteiger partial charge in [-0.05, 0) is 31.4 Å². The Hall–Kier alpha value is -1.42. The van der Waals surface area contributed by atoms with Crippen LogP contribution in [0.2, 0.25) is 0 Å². The number of rotatable bonds is 5. The molecular weight excluding hydrogens is 216 g/mol. The molecule has 1 unspecified atom stereocenters. The van der Waals surface area contributed by atoms with E-state index in [9.17, 15) is 4.79 Å². The van der Waals surface area contributed by atoms with Gasteiger partial charge in [-0.2, -0.15) is 0 Å². The van der Waals surface area contributed by atoms with E-state index >= 15 is 0 Å². The maximum absolute atomic E-state index is 11.2. The van der Waals surface area contributed by atoms with Gasteiger partial charge in [0.1, 0.15) is 0 Å². The van der Waals surface area contributed by atoms with E-state index in [4.69, 9.17) is 4.74 Å². The van der Waals surface area contributed by atoms with Gasteiger partial charge in [-0.15, -0.1) is 0 Å². The number of aryl methyl sites for hydroxylation is 1. The predicted molar refractivity (Wildman–Crippen MR) is 64.6 cm³/mol. The monoisotopic (exact) mass is 234 g/mol. The van der Waals surface area contributed by atoms with Crippen molar-refractivity contribution in [2.45, 2.75) is 32.2 Å². The SMILES string of the molecule is CCOC(=O)CCNC1CCc2cccnc21. The van der Waals surface area contributed by atoms with Gasteiger partial charge in [0, 0.05) is 12.7 Å². The van der Waals surface area contributed by atoms with Crippen molar-refractivity contribution in [1.29, 1.82) is 0 Å². The highest BCUT2D eigenvalue weighted by atomic mass is 16.5. The van der Waals surface area contributed by atoms with E-state index in [0.717, 1.165) is 18.5 Å². The lowest BCUT2D eigenvalue weighted by molar-refractivity contribution is -0.143. The predicted octanol–water partition coefficient (Wildman–Crippen LogP) is 1.61. The molecule has 1 aromatic heterocycles. The Bertz CT molecular complexity index is 393. The van der Waals surface area contributed by atoms with Gasteiger partial charge in [-0.25, -0.2) is 0 Å². The summed E-state index contributed by atoms with van der Waals surface area (Å²) in [5.74, 6) is -0.140. The van der Waals surface area contributed by atoms with E-state index in [0.29, 0.717) is 25.6 Å². The van der Waals surface area contributed by atoms with Crippen LogP contribution in [0.25, 0.3) is 0 Å². The van der Waals surface area contributed by atoms with Gasteiger partial charge < -0.3 is 10.1 Å². The Kier molecular flexibility index (Phi) is 4.09. The fourth-order valence-corrected chi connectivity index (χ4v) is 2.19. The lowest BCUT2D eigenvalue weighted by Gasteiger charge is -2.12. The first kappa shape index (κ1) is 12.0. The van der Waals surface area contributed by atoms with Crippen LogP contribution in [0.1, 0.15) is 37.1 Å². The highest BCUT2D eigenvalue weighted by Gasteiger charge is 2.22. The summed E-state index contributed by atoms with van der Waals surface area (Å²) in [5, 5.41) is 3.36. The summed E-state index contributed by atoms with van der Waals surface area (Å²) < 4.78 is 4.88. The standard InChI is InChI=1S/C13H18N2O2/c1-2-17-12(16)7-9-14-11-6-5-10-4-3-8-15-13(10)11/h3-4,8,11,14H,2,5-7,9H2,1H3. The van der Waals surface area contributed by atoms with E-state index < -0.39 is 0 Å². The van der Waals surface area contributed by atoms with Gasteiger partial charge in [-0.1, -0.05) is 6.07 Å². The van der Waals surface area contributed by atoms with Crippen LogP contribution >= 0.6 is 0 Å². The first-order valence-electron chi connectivity index (χ1n) is 6.14. The summed E-state index contributed by atoms with van der Waals surface area (Å²) in [6, 6.07) is 4.38. The number of aromatic nitrogens is 1. The van der Waals surface area contributed by atoms with Crippen molar-refractivity contribution >= 4 is 5.97 Å². The molecular formula is C13H18N2O2. The minimum absolute atomic E-state index is 0.140. The third-order valence-electron chi connectivity index (χ3n) is 2.98. The Morgan fingerprint density at radius 2 is 2.53 bits per heavy atom.